The van der Waals surface area contributed by atoms with Crippen LogP contribution in [0.4, 0.5) is 0 Å². The van der Waals surface area contributed by atoms with E-state index in [2.05, 4.69) is 5.32 Å². The summed E-state index contributed by atoms with van der Waals surface area (Å²) in [5.74, 6) is -1.43. The number of rotatable bonds is 5. The van der Waals surface area contributed by atoms with E-state index in [1.165, 1.54) is 4.90 Å². The molecular weight excluding hydrogens is 346 g/mol. The molecule has 0 unspecified atom stereocenters. The molecule has 0 bridgehead atoms. The number of nitrogens with one attached hydrogen (secondary N) is 1. The van der Waals surface area contributed by atoms with Crippen LogP contribution >= 0.6 is 0 Å². The predicted molar refractivity (Wildman–Crippen MR) is 98.1 cm³/mol. The lowest BCUT2D eigenvalue weighted by molar-refractivity contribution is -0.130. The van der Waals surface area contributed by atoms with Crippen molar-refractivity contribution in [2.24, 2.45) is 0 Å². The standard InChI is InChI=1S/C20H19N3O4/c1-21-18(25)14-9-7-13(8-10-14)11-22(2)17(24)12-23-19(26)15-5-3-4-6-16(15)20(23)27/h3-10H,11-12H2,1-2H3,(H,21,25). The number of carbonyl (C=O) groups excluding carboxylic acids is 4. The molecule has 0 radical (unpaired) electrons. The molecule has 0 saturated carbocycles. The van der Waals surface area contributed by atoms with Gasteiger partial charge in [0.15, 0.2) is 0 Å². The van der Waals surface area contributed by atoms with Crippen molar-refractivity contribution in [2.75, 3.05) is 20.6 Å². The molecule has 1 aliphatic rings. The monoisotopic (exact) mass is 365 g/mol. The lowest BCUT2D eigenvalue weighted by atomic mass is 10.1. The summed E-state index contributed by atoms with van der Waals surface area (Å²) in [6.45, 7) is -0.00476. The number of likely N-dealkylation sites (N-methyl/N-ethyl adjacent to an activating group) is 1. The van der Waals surface area contributed by atoms with Gasteiger partial charge in [-0.2, -0.15) is 0 Å². The van der Waals surface area contributed by atoms with Crippen molar-refractivity contribution >= 4 is 23.6 Å². The Hall–Kier alpha value is -3.48. The van der Waals surface area contributed by atoms with Gasteiger partial charge in [0.05, 0.1) is 11.1 Å². The van der Waals surface area contributed by atoms with Gasteiger partial charge in [-0.05, 0) is 29.8 Å². The maximum atomic E-state index is 12.5. The minimum Gasteiger partial charge on any atom is -0.355 e. The first-order valence-electron chi connectivity index (χ1n) is 8.42. The van der Waals surface area contributed by atoms with E-state index in [9.17, 15) is 19.2 Å². The Bertz CT molecular complexity index is 886. The van der Waals surface area contributed by atoms with E-state index >= 15 is 0 Å². The van der Waals surface area contributed by atoms with Gasteiger partial charge in [0, 0.05) is 26.2 Å². The predicted octanol–water partition coefficient (Wildman–Crippen LogP) is 1.30. The van der Waals surface area contributed by atoms with Crippen molar-refractivity contribution in [2.45, 2.75) is 6.54 Å². The van der Waals surface area contributed by atoms with Gasteiger partial charge in [-0.1, -0.05) is 24.3 Å². The van der Waals surface area contributed by atoms with Gasteiger partial charge >= 0.3 is 0 Å². The highest BCUT2D eigenvalue weighted by atomic mass is 16.2. The van der Waals surface area contributed by atoms with E-state index in [-0.39, 0.29) is 18.4 Å². The first kappa shape index (κ1) is 18.3. The zero-order chi connectivity index (χ0) is 19.6. The molecule has 1 N–H and O–H groups in total. The van der Waals surface area contributed by atoms with Crippen molar-refractivity contribution in [3.63, 3.8) is 0 Å². The van der Waals surface area contributed by atoms with Crippen LogP contribution in [0.1, 0.15) is 36.6 Å². The van der Waals surface area contributed by atoms with E-state index in [1.54, 1.807) is 62.6 Å². The number of fused-ring (bicyclic) bond motifs is 1. The fourth-order valence-electron chi connectivity index (χ4n) is 2.91. The smallest absolute Gasteiger partial charge is 0.262 e. The van der Waals surface area contributed by atoms with Crippen LogP contribution in [0, 0.1) is 0 Å². The second-order valence-electron chi connectivity index (χ2n) is 6.27. The average molecular weight is 365 g/mol. The van der Waals surface area contributed by atoms with Gasteiger partial charge in [-0.25, -0.2) is 0 Å². The molecule has 0 atom stereocenters. The molecule has 0 aliphatic carbocycles. The van der Waals surface area contributed by atoms with Crippen LogP contribution < -0.4 is 5.32 Å². The van der Waals surface area contributed by atoms with Crippen LogP contribution in [0.25, 0.3) is 0 Å². The summed E-state index contributed by atoms with van der Waals surface area (Å²) in [5, 5.41) is 2.54. The second kappa shape index (κ2) is 7.41. The van der Waals surface area contributed by atoms with Crippen molar-refractivity contribution in [3.8, 4) is 0 Å². The summed E-state index contributed by atoms with van der Waals surface area (Å²) < 4.78 is 0. The Morgan fingerprint density at radius 1 is 0.963 bits per heavy atom. The summed E-state index contributed by atoms with van der Waals surface area (Å²) in [4.78, 5) is 51.2. The van der Waals surface area contributed by atoms with Gasteiger partial charge in [-0.15, -0.1) is 0 Å². The SMILES string of the molecule is CNC(=O)c1ccc(CN(C)C(=O)CN2C(=O)c3ccccc3C2=O)cc1. The number of benzene rings is 2. The van der Waals surface area contributed by atoms with E-state index in [0.29, 0.717) is 23.2 Å². The van der Waals surface area contributed by atoms with Crippen molar-refractivity contribution in [1.82, 2.24) is 15.1 Å². The Balaban J connectivity index is 1.64. The number of amides is 4. The largest absolute Gasteiger partial charge is 0.355 e. The fraction of sp³-hybridized carbons (Fsp3) is 0.200. The third-order valence-corrected chi connectivity index (χ3v) is 4.46. The number of imide groups is 1. The van der Waals surface area contributed by atoms with Crippen molar-refractivity contribution < 1.29 is 19.2 Å². The summed E-state index contributed by atoms with van der Waals surface area (Å²) in [6.07, 6.45) is 0. The number of carbonyl (C=O) groups is 4. The molecule has 4 amide bonds. The first-order valence-corrected chi connectivity index (χ1v) is 8.42. The second-order valence-corrected chi connectivity index (χ2v) is 6.27. The van der Waals surface area contributed by atoms with E-state index in [0.717, 1.165) is 10.5 Å². The normalized spacial score (nSPS) is 12.7. The number of nitrogens with zero attached hydrogens (tertiary/aromatic N) is 2. The highest BCUT2D eigenvalue weighted by Crippen LogP contribution is 2.22. The molecule has 0 saturated heterocycles. The zero-order valence-electron chi connectivity index (χ0n) is 15.1. The lowest BCUT2D eigenvalue weighted by Gasteiger charge is -2.21. The summed E-state index contributed by atoms with van der Waals surface area (Å²) >= 11 is 0. The molecule has 2 aromatic rings. The molecule has 7 nitrogen and oxygen atoms in total. The first-order chi connectivity index (χ1) is 12.9. The summed E-state index contributed by atoms with van der Waals surface area (Å²) in [6, 6.07) is 13.4. The van der Waals surface area contributed by atoms with Crippen LogP contribution in [0.2, 0.25) is 0 Å². The van der Waals surface area contributed by atoms with Gasteiger partial charge in [0.25, 0.3) is 17.7 Å². The molecule has 7 heteroatoms. The van der Waals surface area contributed by atoms with E-state index in [1.807, 2.05) is 0 Å². The average Bonchev–Trinajstić information content (AvgIpc) is 2.93. The number of hydrogen-bond acceptors (Lipinski definition) is 4. The van der Waals surface area contributed by atoms with Crippen molar-refractivity contribution in [1.29, 1.82) is 0 Å². The Kier molecular flexibility index (Phi) is 5.03. The van der Waals surface area contributed by atoms with Crippen LogP contribution in [0.5, 0.6) is 0 Å². The molecule has 1 heterocycles. The molecular formula is C20H19N3O4. The number of hydrogen-bond donors (Lipinski definition) is 1. The van der Waals surface area contributed by atoms with Crippen LogP contribution in [0.15, 0.2) is 48.5 Å². The molecule has 0 aromatic heterocycles. The Morgan fingerprint density at radius 2 is 1.52 bits per heavy atom. The lowest BCUT2D eigenvalue weighted by Crippen LogP contribution is -2.40. The third kappa shape index (κ3) is 3.57. The van der Waals surface area contributed by atoms with Gasteiger partial charge in [0.2, 0.25) is 5.91 Å². The zero-order valence-corrected chi connectivity index (χ0v) is 15.1. The third-order valence-electron chi connectivity index (χ3n) is 4.46. The highest BCUT2D eigenvalue weighted by Gasteiger charge is 2.36. The van der Waals surface area contributed by atoms with Crippen LogP contribution in [-0.4, -0.2) is 54.1 Å². The highest BCUT2D eigenvalue weighted by molar-refractivity contribution is 6.22. The maximum absolute atomic E-state index is 12.5. The quantitative estimate of drug-likeness (QED) is 0.809. The van der Waals surface area contributed by atoms with Gasteiger partial charge in [0.1, 0.15) is 6.54 Å². The maximum Gasteiger partial charge on any atom is 0.262 e. The van der Waals surface area contributed by atoms with E-state index in [4.69, 9.17) is 0 Å². The molecule has 27 heavy (non-hydrogen) atoms. The minimum absolute atomic E-state index is 0.184. The summed E-state index contributed by atoms with van der Waals surface area (Å²) in [7, 11) is 3.16. The molecule has 1 aliphatic heterocycles. The summed E-state index contributed by atoms with van der Waals surface area (Å²) in [5.41, 5.74) is 2.01. The molecule has 138 valence electrons. The van der Waals surface area contributed by atoms with Crippen LogP contribution in [0.3, 0.4) is 0 Å². The van der Waals surface area contributed by atoms with Crippen LogP contribution in [-0.2, 0) is 11.3 Å². The molecule has 0 fully saturated rings. The Morgan fingerprint density at radius 3 is 2.04 bits per heavy atom. The molecule has 2 aromatic carbocycles. The van der Waals surface area contributed by atoms with Crippen molar-refractivity contribution in [3.05, 3.63) is 70.8 Å². The topological polar surface area (TPSA) is 86.8 Å². The van der Waals surface area contributed by atoms with E-state index < -0.39 is 11.8 Å². The fourth-order valence-corrected chi connectivity index (χ4v) is 2.91. The Labute approximate surface area is 156 Å². The molecule has 0 spiro atoms. The minimum atomic E-state index is -0.452. The van der Waals surface area contributed by atoms with Gasteiger partial charge < -0.3 is 10.2 Å². The molecule has 3 rings (SSSR count). The van der Waals surface area contributed by atoms with Gasteiger partial charge in [-0.3, -0.25) is 24.1 Å².